The fourth-order valence-corrected chi connectivity index (χ4v) is 2.26. The molecule has 0 saturated carbocycles. The first-order valence-electron chi connectivity index (χ1n) is 5.94. The Morgan fingerprint density at radius 2 is 1.59 bits per heavy atom. The highest BCUT2D eigenvalue weighted by Crippen LogP contribution is 2.32. The van der Waals surface area contributed by atoms with Crippen LogP contribution >= 0.6 is 0 Å². The minimum Gasteiger partial charge on any atom is -0.294 e. The Kier molecular flexibility index (Phi) is 2.78. The van der Waals surface area contributed by atoms with Gasteiger partial charge in [-0.2, -0.15) is 0 Å². The van der Waals surface area contributed by atoms with E-state index in [9.17, 15) is 4.79 Å². The van der Waals surface area contributed by atoms with Crippen molar-refractivity contribution in [3.8, 4) is 0 Å². The smallest absolute Gasteiger partial charge is 0.160 e. The van der Waals surface area contributed by atoms with Crippen LogP contribution in [0.5, 0.6) is 0 Å². The Hall–Kier alpha value is -1.63. The normalized spacial score (nSPS) is 11.8. The van der Waals surface area contributed by atoms with Crippen LogP contribution in [0, 0.1) is 0 Å². The summed E-state index contributed by atoms with van der Waals surface area (Å²) in [6, 6.07) is 12.2. The molecule has 17 heavy (non-hydrogen) atoms. The number of carbonyl (C=O) groups excluding carboxylic acids is 1. The zero-order valence-corrected chi connectivity index (χ0v) is 10.9. The SMILES string of the molecule is CC(=O)c1cccc2cccc(C(C)(C)C)c12. The van der Waals surface area contributed by atoms with Crippen LogP contribution < -0.4 is 0 Å². The number of benzene rings is 2. The topological polar surface area (TPSA) is 17.1 Å². The third-order valence-corrected chi connectivity index (χ3v) is 3.09. The summed E-state index contributed by atoms with van der Waals surface area (Å²) in [5, 5.41) is 2.25. The lowest BCUT2D eigenvalue weighted by atomic mass is 9.82. The van der Waals surface area contributed by atoms with Crippen LogP contribution in [-0.4, -0.2) is 5.78 Å². The Bertz CT molecular complexity index is 568. The molecule has 0 unspecified atom stereocenters. The molecule has 2 aromatic carbocycles. The van der Waals surface area contributed by atoms with Gasteiger partial charge in [-0.05, 0) is 28.7 Å². The third kappa shape index (κ3) is 2.10. The number of rotatable bonds is 1. The van der Waals surface area contributed by atoms with Crippen molar-refractivity contribution in [3.05, 3.63) is 47.5 Å². The van der Waals surface area contributed by atoms with Crippen LogP contribution in [0.25, 0.3) is 10.8 Å². The summed E-state index contributed by atoms with van der Waals surface area (Å²) in [7, 11) is 0. The Morgan fingerprint density at radius 3 is 2.12 bits per heavy atom. The van der Waals surface area contributed by atoms with Crippen LogP contribution in [0.15, 0.2) is 36.4 Å². The minimum absolute atomic E-state index is 0.0467. The van der Waals surface area contributed by atoms with Gasteiger partial charge in [0.2, 0.25) is 0 Å². The van der Waals surface area contributed by atoms with E-state index in [-0.39, 0.29) is 11.2 Å². The van der Waals surface area contributed by atoms with Crippen LogP contribution in [0.2, 0.25) is 0 Å². The van der Waals surface area contributed by atoms with Crippen molar-refractivity contribution in [2.24, 2.45) is 0 Å². The van der Waals surface area contributed by atoms with Crippen molar-refractivity contribution < 1.29 is 4.79 Å². The molecule has 88 valence electrons. The number of fused-ring (bicyclic) bond motifs is 1. The highest BCUT2D eigenvalue weighted by Gasteiger charge is 2.19. The first-order valence-corrected chi connectivity index (χ1v) is 5.94. The molecular formula is C16H18O. The predicted molar refractivity (Wildman–Crippen MR) is 72.7 cm³/mol. The Labute approximate surface area is 102 Å². The lowest BCUT2D eigenvalue weighted by Gasteiger charge is -2.22. The van der Waals surface area contributed by atoms with Crippen molar-refractivity contribution in [1.82, 2.24) is 0 Å². The minimum atomic E-state index is 0.0467. The molecule has 0 spiro atoms. The molecule has 0 radical (unpaired) electrons. The summed E-state index contributed by atoms with van der Waals surface area (Å²) in [5.41, 5.74) is 2.11. The van der Waals surface area contributed by atoms with Crippen molar-refractivity contribution >= 4 is 16.6 Å². The van der Waals surface area contributed by atoms with Crippen molar-refractivity contribution in [3.63, 3.8) is 0 Å². The van der Waals surface area contributed by atoms with E-state index in [1.54, 1.807) is 6.92 Å². The van der Waals surface area contributed by atoms with E-state index < -0.39 is 0 Å². The molecule has 2 aromatic rings. The standard InChI is InChI=1S/C16H18O/c1-11(17)13-9-5-7-12-8-6-10-14(15(12)13)16(2,3)4/h5-10H,1-4H3. The van der Waals surface area contributed by atoms with Gasteiger partial charge in [0, 0.05) is 5.56 Å². The highest BCUT2D eigenvalue weighted by molar-refractivity contribution is 6.08. The molecule has 0 aliphatic heterocycles. The Balaban J connectivity index is 2.90. The summed E-state index contributed by atoms with van der Waals surface area (Å²) < 4.78 is 0. The van der Waals surface area contributed by atoms with E-state index in [2.05, 4.69) is 45.0 Å². The molecule has 0 aliphatic rings. The van der Waals surface area contributed by atoms with Crippen molar-refractivity contribution in [1.29, 1.82) is 0 Å². The molecular weight excluding hydrogens is 208 g/mol. The second-order valence-electron chi connectivity index (χ2n) is 5.52. The maximum absolute atomic E-state index is 11.7. The number of Topliss-reactive ketones (excluding diaryl/α,β-unsaturated/α-hetero) is 1. The number of hydrogen-bond donors (Lipinski definition) is 0. The summed E-state index contributed by atoms with van der Waals surface area (Å²) in [6.07, 6.45) is 0. The quantitative estimate of drug-likeness (QED) is 0.661. The van der Waals surface area contributed by atoms with Gasteiger partial charge in [-0.3, -0.25) is 4.79 Å². The lowest BCUT2D eigenvalue weighted by Crippen LogP contribution is -2.13. The van der Waals surface area contributed by atoms with Crippen LogP contribution in [0.3, 0.4) is 0 Å². The van der Waals surface area contributed by atoms with Crippen molar-refractivity contribution in [2.75, 3.05) is 0 Å². The predicted octanol–water partition coefficient (Wildman–Crippen LogP) is 4.34. The maximum atomic E-state index is 11.7. The Morgan fingerprint density at radius 1 is 1.00 bits per heavy atom. The second-order valence-corrected chi connectivity index (χ2v) is 5.52. The molecule has 0 saturated heterocycles. The molecule has 0 heterocycles. The maximum Gasteiger partial charge on any atom is 0.160 e. The van der Waals surface area contributed by atoms with Gasteiger partial charge in [-0.1, -0.05) is 57.2 Å². The van der Waals surface area contributed by atoms with Gasteiger partial charge >= 0.3 is 0 Å². The molecule has 1 nitrogen and oxygen atoms in total. The average Bonchev–Trinajstić information content (AvgIpc) is 2.26. The van der Waals surface area contributed by atoms with Crippen molar-refractivity contribution in [2.45, 2.75) is 33.1 Å². The molecule has 2 rings (SSSR count). The molecule has 0 aliphatic carbocycles. The lowest BCUT2D eigenvalue weighted by molar-refractivity contribution is 0.101. The summed E-state index contributed by atoms with van der Waals surface area (Å²) in [5.74, 6) is 0.132. The third-order valence-electron chi connectivity index (χ3n) is 3.09. The van der Waals surface area contributed by atoms with Gasteiger partial charge in [-0.15, -0.1) is 0 Å². The number of carbonyl (C=O) groups is 1. The van der Waals surface area contributed by atoms with Crippen LogP contribution in [0.1, 0.15) is 43.6 Å². The largest absolute Gasteiger partial charge is 0.294 e. The fourth-order valence-electron chi connectivity index (χ4n) is 2.26. The van der Waals surface area contributed by atoms with Gasteiger partial charge in [0.1, 0.15) is 0 Å². The summed E-state index contributed by atoms with van der Waals surface area (Å²) >= 11 is 0. The van der Waals surface area contributed by atoms with E-state index in [0.29, 0.717) is 0 Å². The van der Waals surface area contributed by atoms with Gasteiger partial charge in [0.05, 0.1) is 0 Å². The second kappa shape index (κ2) is 3.99. The van der Waals surface area contributed by atoms with Gasteiger partial charge < -0.3 is 0 Å². The molecule has 0 aromatic heterocycles. The first-order chi connectivity index (χ1) is 7.91. The molecule has 0 N–H and O–H groups in total. The number of ketones is 1. The molecule has 0 fully saturated rings. The molecule has 0 amide bonds. The highest BCUT2D eigenvalue weighted by atomic mass is 16.1. The summed E-state index contributed by atoms with van der Waals surface area (Å²) in [6.45, 7) is 8.17. The fraction of sp³-hybridized carbons (Fsp3) is 0.312. The zero-order chi connectivity index (χ0) is 12.6. The van der Waals surface area contributed by atoms with E-state index in [1.807, 2.05) is 12.1 Å². The van der Waals surface area contributed by atoms with Crippen LogP contribution in [0.4, 0.5) is 0 Å². The average molecular weight is 226 g/mol. The van der Waals surface area contributed by atoms with Crippen LogP contribution in [-0.2, 0) is 5.41 Å². The van der Waals surface area contributed by atoms with E-state index in [0.717, 1.165) is 16.3 Å². The van der Waals surface area contributed by atoms with Gasteiger partial charge in [0.15, 0.2) is 5.78 Å². The molecule has 0 bridgehead atoms. The van der Waals surface area contributed by atoms with E-state index in [1.165, 1.54) is 5.56 Å². The van der Waals surface area contributed by atoms with Gasteiger partial charge in [-0.25, -0.2) is 0 Å². The summed E-state index contributed by atoms with van der Waals surface area (Å²) in [4.78, 5) is 11.7. The molecule has 1 heteroatoms. The number of hydrogen-bond acceptors (Lipinski definition) is 1. The zero-order valence-electron chi connectivity index (χ0n) is 10.9. The van der Waals surface area contributed by atoms with Gasteiger partial charge in [0.25, 0.3) is 0 Å². The van der Waals surface area contributed by atoms with E-state index in [4.69, 9.17) is 0 Å². The monoisotopic (exact) mass is 226 g/mol. The molecule has 0 atom stereocenters. The van der Waals surface area contributed by atoms with E-state index >= 15 is 0 Å². The first kappa shape index (κ1) is 11.8.